The Morgan fingerprint density at radius 1 is 1.21 bits per heavy atom. The van der Waals surface area contributed by atoms with Crippen LogP contribution in [0.25, 0.3) is 5.82 Å². The third kappa shape index (κ3) is 4.68. The highest BCUT2D eigenvalue weighted by Gasteiger charge is 2.22. The molecule has 150 valence electrons. The third-order valence-corrected chi connectivity index (χ3v) is 5.11. The predicted octanol–water partition coefficient (Wildman–Crippen LogP) is 4.76. The minimum Gasteiger partial charge on any atom is -0.352 e. The van der Waals surface area contributed by atoms with Crippen molar-refractivity contribution in [2.75, 3.05) is 11.9 Å². The summed E-state index contributed by atoms with van der Waals surface area (Å²) in [4.78, 5) is 29.8. The molecule has 0 saturated heterocycles. The molecule has 1 aromatic carbocycles. The van der Waals surface area contributed by atoms with Crippen molar-refractivity contribution in [1.82, 2.24) is 20.1 Å². The van der Waals surface area contributed by atoms with E-state index in [2.05, 4.69) is 52.6 Å². The van der Waals surface area contributed by atoms with E-state index < -0.39 is 5.91 Å². The monoisotopic (exact) mass is 539 g/mol. The molecule has 2 amide bonds. The van der Waals surface area contributed by atoms with Gasteiger partial charge in [0.15, 0.2) is 5.82 Å². The lowest BCUT2D eigenvalue weighted by Crippen LogP contribution is -2.26. The molecule has 0 fully saturated rings. The van der Waals surface area contributed by atoms with E-state index in [0.29, 0.717) is 33.2 Å². The Hall–Kier alpha value is -2.23. The van der Waals surface area contributed by atoms with Crippen molar-refractivity contribution in [2.24, 2.45) is 0 Å². The zero-order valence-electron chi connectivity index (χ0n) is 15.5. The summed E-state index contributed by atoms with van der Waals surface area (Å²) < 4.78 is 2.53. The number of hydrogen-bond acceptors (Lipinski definition) is 4. The Morgan fingerprint density at radius 2 is 1.97 bits per heavy atom. The number of hydrogen-bond donors (Lipinski definition) is 2. The molecule has 2 heterocycles. The lowest BCUT2D eigenvalue weighted by molar-refractivity contribution is 0.0956. The van der Waals surface area contributed by atoms with Crippen LogP contribution in [-0.2, 0) is 0 Å². The lowest BCUT2D eigenvalue weighted by atomic mass is 10.1. The Labute approximate surface area is 189 Å². The molecule has 0 radical (unpaired) electrons. The van der Waals surface area contributed by atoms with E-state index >= 15 is 0 Å². The fraction of sp³-hybridized carbons (Fsp3) is 0.158. The number of anilines is 1. The normalized spacial score (nSPS) is 10.7. The van der Waals surface area contributed by atoms with E-state index in [1.54, 1.807) is 30.5 Å². The number of amides is 2. The van der Waals surface area contributed by atoms with Crippen molar-refractivity contribution in [3.8, 4) is 5.82 Å². The zero-order valence-corrected chi connectivity index (χ0v) is 19.4. The van der Waals surface area contributed by atoms with Gasteiger partial charge in [0.25, 0.3) is 11.8 Å². The number of carbonyl (C=O) groups excluding carboxylic acids is 2. The fourth-order valence-electron chi connectivity index (χ4n) is 2.73. The number of halogens is 3. The largest absolute Gasteiger partial charge is 0.352 e. The van der Waals surface area contributed by atoms with Crippen LogP contribution < -0.4 is 10.6 Å². The molecule has 0 aliphatic rings. The number of aromatic nitrogens is 3. The van der Waals surface area contributed by atoms with Crippen molar-refractivity contribution < 1.29 is 9.59 Å². The van der Waals surface area contributed by atoms with E-state index in [9.17, 15) is 9.59 Å². The molecule has 0 aliphatic heterocycles. The molecule has 3 aromatic rings. The fourth-order valence-corrected chi connectivity index (χ4v) is 3.88. The molecule has 0 unspecified atom stereocenters. The number of aryl methyl sites for hydroxylation is 1. The molecule has 10 heteroatoms. The van der Waals surface area contributed by atoms with Gasteiger partial charge in [-0.25, -0.2) is 9.67 Å². The maximum atomic E-state index is 13.1. The summed E-state index contributed by atoms with van der Waals surface area (Å²) in [5, 5.41) is 10.2. The van der Waals surface area contributed by atoms with Gasteiger partial charge in [0.2, 0.25) is 0 Å². The molecular formula is C19H16Br2ClN5O2. The van der Waals surface area contributed by atoms with Crippen molar-refractivity contribution in [1.29, 1.82) is 0 Å². The van der Waals surface area contributed by atoms with Crippen LogP contribution in [-0.4, -0.2) is 33.1 Å². The molecule has 0 saturated carbocycles. The van der Waals surface area contributed by atoms with Gasteiger partial charge < -0.3 is 10.6 Å². The SMILES string of the molecule is CCNC(=O)c1cc(Br)cc(C)c1NC(=O)c1cc(Br)nn1-c1ncccc1Cl. The Balaban J connectivity index is 2.03. The van der Waals surface area contributed by atoms with Gasteiger partial charge in [0.1, 0.15) is 10.3 Å². The first-order chi connectivity index (χ1) is 13.8. The van der Waals surface area contributed by atoms with Crippen LogP contribution >= 0.6 is 43.5 Å². The first-order valence-electron chi connectivity index (χ1n) is 8.58. The van der Waals surface area contributed by atoms with Crippen LogP contribution in [0.15, 0.2) is 45.6 Å². The number of nitrogens with zero attached hydrogens (tertiary/aromatic N) is 3. The second-order valence-corrected chi connectivity index (χ2v) is 8.17. The molecule has 0 spiro atoms. The van der Waals surface area contributed by atoms with E-state index in [1.165, 1.54) is 4.68 Å². The third-order valence-electron chi connectivity index (χ3n) is 3.97. The predicted molar refractivity (Wildman–Crippen MR) is 119 cm³/mol. The van der Waals surface area contributed by atoms with Gasteiger partial charge in [-0.1, -0.05) is 27.5 Å². The highest BCUT2D eigenvalue weighted by Crippen LogP contribution is 2.28. The summed E-state index contributed by atoms with van der Waals surface area (Å²) in [5.41, 5.74) is 1.71. The van der Waals surface area contributed by atoms with Crippen molar-refractivity contribution >= 4 is 61.0 Å². The van der Waals surface area contributed by atoms with Crippen molar-refractivity contribution in [3.05, 3.63) is 67.4 Å². The Bertz CT molecular complexity index is 1100. The first kappa shape index (κ1) is 21.5. The van der Waals surface area contributed by atoms with E-state index in [1.807, 2.05) is 19.9 Å². The van der Waals surface area contributed by atoms with Gasteiger partial charge in [0, 0.05) is 23.3 Å². The number of rotatable bonds is 5. The van der Waals surface area contributed by atoms with Gasteiger partial charge in [-0.2, -0.15) is 5.10 Å². The van der Waals surface area contributed by atoms with Gasteiger partial charge in [0.05, 0.1) is 16.3 Å². The molecule has 0 bridgehead atoms. The molecule has 0 aliphatic carbocycles. The van der Waals surface area contributed by atoms with Crippen LogP contribution in [0.2, 0.25) is 5.02 Å². The van der Waals surface area contributed by atoms with Crippen LogP contribution in [0.4, 0.5) is 5.69 Å². The standard InChI is InChI=1S/C19H16Br2ClN5O2/c1-3-23-18(28)12-8-11(20)7-10(2)16(12)25-19(29)14-9-15(21)26-27(14)17-13(22)5-4-6-24-17/h4-9H,3H2,1-2H3,(H,23,28)(H,25,29). The summed E-state index contributed by atoms with van der Waals surface area (Å²) in [5.74, 6) is -0.419. The van der Waals surface area contributed by atoms with Crippen LogP contribution in [0, 0.1) is 6.92 Å². The lowest BCUT2D eigenvalue weighted by Gasteiger charge is -2.15. The van der Waals surface area contributed by atoms with Gasteiger partial charge in [-0.3, -0.25) is 9.59 Å². The number of benzene rings is 1. The zero-order chi connectivity index (χ0) is 21.1. The highest BCUT2D eigenvalue weighted by atomic mass is 79.9. The van der Waals surface area contributed by atoms with E-state index in [4.69, 9.17) is 11.6 Å². The summed E-state index contributed by atoms with van der Waals surface area (Å²) in [6.45, 7) is 4.11. The first-order valence-corrected chi connectivity index (χ1v) is 10.5. The molecular weight excluding hydrogens is 526 g/mol. The summed E-state index contributed by atoms with van der Waals surface area (Å²) in [7, 11) is 0. The summed E-state index contributed by atoms with van der Waals surface area (Å²) in [6, 6.07) is 8.39. The van der Waals surface area contributed by atoms with Gasteiger partial charge in [-0.15, -0.1) is 0 Å². The molecule has 7 nitrogen and oxygen atoms in total. The number of pyridine rings is 1. The average Bonchev–Trinajstić information content (AvgIpc) is 3.05. The summed E-state index contributed by atoms with van der Waals surface area (Å²) >= 11 is 12.9. The van der Waals surface area contributed by atoms with Crippen LogP contribution in [0.3, 0.4) is 0 Å². The number of nitrogens with one attached hydrogen (secondary N) is 2. The summed E-state index contributed by atoms with van der Waals surface area (Å²) in [6.07, 6.45) is 1.56. The maximum Gasteiger partial charge on any atom is 0.274 e. The number of carbonyl (C=O) groups is 2. The quantitative estimate of drug-likeness (QED) is 0.488. The van der Waals surface area contributed by atoms with Gasteiger partial charge >= 0.3 is 0 Å². The maximum absolute atomic E-state index is 13.1. The highest BCUT2D eigenvalue weighted by molar-refractivity contribution is 9.10. The molecule has 29 heavy (non-hydrogen) atoms. The van der Waals surface area contributed by atoms with Crippen LogP contribution in [0.1, 0.15) is 33.3 Å². The second kappa shape index (κ2) is 9.06. The Kier molecular flexibility index (Phi) is 6.71. The van der Waals surface area contributed by atoms with E-state index in [0.717, 1.165) is 10.0 Å². The second-order valence-electron chi connectivity index (χ2n) is 6.03. The van der Waals surface area contributed by atoms with Gasteiger partial charge in [-0.05, 0) is 59.6 Å². The minimum absolute atomic E-state index is 0.210. The molecule has 0 atom stereocenters. The average molecular weight is 542 g/mol. The topological polar surface area (TPSA) is 88.9 Å². The van der Waals surface area contributed by atoms with Crippen LogP contribution in [0.5, 0.6) is 0 Å². The Morgan fingerprint density at radius 3 is 2.66 bits per heavy atom. The molecule has 3 rings (SSSR count). The van der Waals surface area contributed by atoms with E-state index in [-0.39, 0.29) is 11.6 Å². The van der Waals surface area contributed by atoms with Crippen molar-refractivity contribution in [3.63, 3.8) is 0 Å². The smallest absolute Gasteiger partial charge is 0.274 e. The molecule has 2 N–H and O–H groups in total. The van der Waals surface area contributed by atoms with Crippen molar-refractivity contribution in [2.45, 2.75) is 13.8 Å². The molecule has 2 aromatic heterocycles. The minimum atomic E-state index is -0.458.